The lowest BCUT2D eigenvalue weighted by Crippen LogP contribution is -2.48. The molecule has 0 aromatic carbocycles. The quantitative estimate of drug-likeness (QED) is 0.751. The van der Waals surface area contributed by atoms with Crippen molar-refractivity contribution in [3.63, 3.8) is 0 Å². The second-order valence-electron chi connectivity index (χ2n) is 6.46. The zero-order valence-electron chi connectivity index (χ0n) is 14.9. The highest BCUT2D eigenvalue weighted by molar-refractivity contribution is 6.30. The molecule has 0 spiro atoms. The van der Waals surface area contributed by atoms with Crippen molar-refractivity contribution >= 4 is 54.0 Å². The first kappa shape index (κ1) is 23.9. The van der Waals surface area contributed by atoms with Gasteiger partial charge in [-0.15, -0.1) is 24.8 Å². The number of aromatic nitrogens is 1. The molecular weight excluding hydrogens is 415 g/mol. The summed E-state index contributed by atoms with van der Waals surface area (Å²) in [5, 5.41) is 6.61. The van der Waals surface area contributed by atoms with Gasteiger partial charge in [0.2, 0.25) is 11.8 Å². The summed E-state index contributed by atoms with van der Waals surface area (Å²) < 4.78 is 5.39. The number of pyridine rings is 1. The molecule has 0 bridgehead atoms. The lowest BCUT2D eigenvalue weighted by Gasteiger charge is -2.33. The summed E-state index contributed by atoms with van der Waals surface area (Å²) in [6, 6.07) is 3.41. The lowest BCUT2D eigenvalue weighted by atomic mass is 9.96. The molecule has 1 aromatic rings. The van der Waals surface area contributed by atoms with Crippen LogP contribution in [0.5, 0.6) is 0 Å². The summed E-state index contributed by atoms with van der Waals surface area (Å²) in [4.78, 5) is 30.8. The standard InChI is InChI=1S/C17H23ClN4O3.2ClH/c18-13-3-4-15(20-9-13)21-17(24)12-2-1-6-22(10-12)16(23)8-14-11-25-7-5-19-14;;/h3-4,9,12,14,19H,1-2,5-8,10-11H2,(H,20,21,24);2*1H. The van der Waals surface area contributed by atoms with Crippen LogP contribution in [0, 0.1) is 5.92 Å². The number of carbonyl (C=O) groups is 2. The van der Waals surface area contributed by atoms with E-state index in [9.17, 15) is 9.59 Å². The third-order valence-electron chi connectivity index (χ3n) is 4.54. The molecule has 0 radical (unpaired) electrons. The van der Waals surface area contributed by atoms with Crippen molar-refractivity contribution in [3.8, 4) is 0 Å². The van der Waals surface area contributed by atoms with E-state index in [1.165, 1.54) is 6.20 Å². The van der Waals surface area contributed by atoms with Crippen molar-refractivity contribution in [2.75, 3.05) is 38.2 Å². The Hall–Kier alpha value is -1.12. The first-order valence-electron chi connectivity index (χ1n) is 8.63. The van der Waals surface area contributed by atoms with Crippen LogP contribution >= 0.6 is 36.4 Å². The fourth-order valence-electron chi connectivity index (χ4n) is 3.19. The maximum absolute atomic E-state index is 12.5. The average Bonchev–Trinajstić information content (AvgIpc) is 2.64. The monoisotopic (exact) mass is 438 g/mol. The van der Waals surface area contributed by atoms with Gasteiger partial charge < -0.3 is 20.3 Å². The summed E-state index contributed by atoms with van der Waals surface area (Å²) in [6.45, 7) is 3.18. The van der Waals surface area contributed by atoms with Gasteiger partial charge in [-0.25, -0.2) is 4.98 Å². The molecule has 0 aliphatic carbocycles. The van der Waals surface area contributed by atoms with E-state index in [1.54, 1.807) is 17.0 Å². The Morgan fingerprint density at radius 2 is 2.19 bits per heavy atom. The SMILES string of the molecule is Cl.Cl.O=C(Nc1ccc(Cl)cn1)C1CCCN(C(=O)CC2COCCN2)C1. The number of hydrogen-bond acceptors (Lipinski definition) is 5. The van der Waals surface area contributed by atoms with Crippen LogP contribution in [-0.2, 0) is 14.3 Å². The molecule has 27 heavy (non-hydrogen) atoms. The van der Waals surface area contributed by atoms with Gasteiger partial charge >= 0.3 is 0 Å². The van der Waals surface area contributed by atoms with Gasteiger partial charge in [-0.3, -0.25) is 9.59 Å². The fraction of sp³-hybridized carbons (Fsp3) is 0.588. The molecule has 2 N–H and O–H groups in total. The van der Waals surface area contributed by atoms with Gasteiger partial charge in [0.1, 0.15) is 5.82 Å². The minimum atomic E-state index is -0.217. The molecule has 2 fully saturated rings. The van der Waals surface area contributed by atoms with Gasteiger partial charge in [0.05, 0.1) is 24.2 Å². The summed E-state index contributed by atoms with van der Waals surface area (Å²) in [5.74, 6) is 0.226. The number of likely N-dealkylation sites (tertiary alicyclic amines) is 1. The number of halogens is 3. The Bertz CT molecular complexity index is 612. The number of nitrogens with zero attached hydrogens (tertiary/aromatic N) is 2. The van der Waals surface area contributed by atoms with E-state index in [1.807, 2.05) is 0 Å². The predicted octanol–water partition coefficient (Wildman–Crippen LogP) is 2.13. The van der Waals surface area contributed by atoms with Gasteiger partial charge in [0.25, 0.3) is 0 Å². The maximum atomic E-state index is 12.5. The van der Waals surface area contributed by atoms with E-state index in [4.69, 9.17) is 16.3 Å². The molecule has 2 atom stereocenters. The number of nitrogens with one attached hydrogen (secondary N) is 2. The number of rotatable bonds is 4. The van der Waals surface area contributed by atoms with E-state index in [0.29, 0.717) is 43.6 Å². The molecule has 152 valence electrons. The van der Waals surface area contributed by atoms with Crippen molar-refractivity contribution in [1.82, 2.24) is 15.2 Å². The third-order valence-corrected chi connectivity index (χ3v) is 4.77. The summed E-state index contributed by atoms with van der Waals surface area (Å²) in [5.41, 5.74) is 0. The summed E-state index contributed by atoms with van der Waals surface area (Å²) >= 11 is 5.80. The van der Waals surface area contributed by atoms with Crippen LogP contribution in [0.2, 0.25) is 5.02 Å². The van der Waals surface area contributed by atoms with Gasteiger partial charge in [-0.05, 0) is 25.0 Å². The second kappa shape index (κ2) is 11.7. The highest BCUT2D eigenvalue weighted by atomic mass is 35.5. The van der Waals surface area contributed by atoms with Crippen LogP contribution in [0.25, 0.3) is 0 Å². The average molecular weight is 440 g/mol. The largest absolute Gasteiger partial charge is 0.378 e. The molecule has 0 saturated carbocycles. The zero-order chi connectivity index (χ0) is 17.6. The molecule has 3 heterocycles. The Kier molecular flexibility index (Phi) is 10.3. The normalized spacial score (nSPS) is 22.2. The van der Waals surface area contributed by atoms with Gasteiger partial charge in [0, 0.05) is 38.3 Å². The molecule has 2 aliphatic rings. The molecule has 2 amide bonds. The van der Waals surface area contributed by atoms with Gasteiger partial charge in [0.15, 0.2) is 0 Å². The zero-order valence-corrected chi connectivity index (χ0v) is 17.2. The van der Waals surface area contributed by atoms with Crippen molar-refractivity contribution in [2.24, 2.45) is 5.92 Å². The molecule has 10 heteroatoms. The second-order valence-corrected chi connectivity index (χ2v) is 6.90. The Balaban J connectivity index is 0.00000182. The first-order valence-corrected chi connectivity index (χ1v) is 9.01. The van der Waals surface area contributed by atoms with E-state index in [2.05, 4.69) is 15.6 Å². The van der Waals surface area contributed by atoms with E-state index in [-0.39, 0.29) is 48.6 Å². The number of ether oxygens (including phenoxy) is 1. The smallest absolute Gasteiger partial charge is 0.230 e. The molecule has 3 rings (SSSR count). The Morgan fingerprint density at radius 3 is 2.85 bits per heavy atom. The fourth-order valence-corrected chi connectivity index (χ4v) is 3.30. The lowest BCUT2D eigenvalue weighted by molar-refractivity contribution is -0.135. The van der Waals surface area contributed by atoms with Gasteiger partial charge in [-0.1, -0.05) is 11.6 Å². The van der Waals surface area contributed by atoms with Crippen LogP contribution in [0.4, 0.5) is 5.82 Å². The maximum Gasteiger partial charge on any atom is 0.230 e. The molecule has 2 aliphatic heterocycles. The number of hydrogen-bond donors (Lipinski definition) is 2. The van der Waals surface area contributed by atoms with Crippen molar-refractivity contribution < 1.29 is 14.3 Å². The minimum Gasteiger partial charge on any atom is -0.378 e. The Morgan fingerprint density at radius 1 is 1.37 bits per heavy atom. The van der Waals surface area contributed by atoms with E-state index >= 15 is 0 Å². The highest BCUT2D eigenvalue weighted by Crippen LogP contribution is 2.20. The number of anilines is 1. The summed E-state index contributed by atoms with van der Waals surface area (Å²) in [7, 11) is 0. The van der Waals surface area contributed by atoms with Crippen LogP contribution in [0.15, 0.2) is 18.3 Å². The van der Waals surface area contributed by atoms with Crippen LogP contribution < -0.4 is 10.6 Å². The van der Waals surface area contributed by atoms with E-state index in [0.717, 1.165) is 19.4 Å². The van der Waals surface area contributed by atoms with Crippen molar-refractivity contribution in [2.45, 2.75) is 25.3 Å². The molecular formula is C17H25Cl3N4O3. The topological polar surface area (TPSA) is 83.6 Å². The van der Waals surface area contributed by atoms with E-state index < -0.39 is 0 Å². The van der Waals surface area contributed by atoms with Crippen LogP contribution in [0.1, 0.15) is 19.3 Å². The minimum absolute atomic E-state index is 0. The van der Waals surface area contributed by atoms with Crippen molar-refractivity contribution in [3.05, 3.63) is 23.4 Å². The molecule has 7 nitrogen and oxygen atoms in total. The van der Waals surface area contributed by atoms with Crippen LogP contribution in [0.3, 0.4) is 0 Å². The first-order chi connectivity index (χ1) is 12.1. The van der Waals surface area contributed by atoms with Crippen LogP contribution in [-0.4, -0.2) is 60.6 Å². The number of piperidine rings is 1. The third kappa shape index (κ3) is 7.08. The van der Waals surface area contributed by atoms with Gasteiger partial charge in [-0.2, -0.15) is 0 Å². The summed E-state index contributed by atoms with van der Waals surface area (Å²) in [6.07, 6.45) is 3.50. The number of carbonyl (C=O) groups excluding carboxylic acids is 2. The number of morpholine rings is 1. The number of amides is 2. The molecule has 2 saturated heterocycles. The predicted molar refractivity (Wildman–Crippen MR) is 109 cm³/mol. The molecule has 2 unspecified atom stereocenters. The van der Waals surface area contributed by atoms with Crippen molar-refractivity contribution in [1.29, 1.82) is 0 Å². The Labute approximate surface area is 176 Å². The molecule has 1 aromatic heterocycles. The highest BCUT2D eigenvalue weighted by Gasteiger charge is 2.30.